The lowest BCUT2D eigenvalue weighted by Crippen LogP contribution is -2.22. The standard InChI is InChI=1S/C28H26N2O7/c1-16-7-5-6-8-21(16)35-15-25(31)36-18-9-10-19-22(13-18)37-28(30)20(14-29)26(19)17-11-23(32-2)27(34-4)24(12-17)33-3/h5-13,26H,15,30H2,1-4H3. The summed E-state index contributed by atoms with van der Waals surface area (Å²) < 4.78 is 33.1. The van der Waals surface area contributed by atoms with Gasteiger partial charge in [0.2, 0.25) is 11.6 Å². The summed E-state index contributed by atoms with van der Waals surface area (Å²) in [4.78, 5) is 12.4. The highest BCUT2D eigenvalue weighted by molar-refractivity contribution is 5.74. The molecule has 0 aromatic heterocycles. The van der Waals surface area contributed by atoms with Crippen LogP contribution in [0.3, 0.4) is 0 Å². The Morgan fingerprint density at radius 1 is 1.00 bits per heavy atom. The third-order valence-electron chi connectivity index (χ3n) is 5.88. The van der Waals surface area contributed by atoms with Gasteiger partial charge in [0.1, 0.15) is 28.9 Å². The zero-order valence-corrected chi connectivity index (χ0v) is 20.9. The van der Waals surface area contributed by atoms with Gasteiger partial charge in [-0.05, 0) is 42.3 Å². The molecule has 37 heavy (non-hydrogen) atoms. The summed E-state index contributed by atoms with van der Waals surface area (Å²) in [5.41, 5.74) is 8.58. The number of carbonyl (C=O) groups excluding carboxylic acids is 1. The average molecular weight is 503 g/mol. The molecule has 0 radical (unpaired) electrons. The monoisotopic (exact) mass is 502 g/mol. The van der Waals surface area contributed by atoms with Crippen LogP contribution in [-0.4, -0.2) is 33.9 Å². The Kier molecular flexibility index (Phi) is 7.39. The lowest BCUT2D eigenvalue weighted by molar-refractivity contribution is -0.136. The number of esters is 1. The first kappa shape index (κ1) is 25.3. The number of hydrogen-bond donors (Lipinski definition) is 1. The van der Waals surface area contributed by atoms with Crippen LogP contribution in [0, 0.1) is 18.3 Å². The molecule has 0 amide bonds. The number of ether oxygens (including phenoxy) is 6. The van der Waals surface area contributed by atoms with Crippen molar-refractivity contribution in [2.45, 2.75) is 12.8 Å². The average Bonchev–Trinajstić information content (AvgIpc) is 2.90. The maximum absolute atomic E-state index is 12.4. The molecule has 9 heteroatoms. The van der Waals surface area contributed by atoms with E-state index in [1.165, 1.54) is 21.3 Å². The maximum Gasteiger partial charge on any atom is 0.349 e. The van der Waals surface area contributed by atoms with Crippen molar-refractivity contribution in [3.8, 4) is 40.6 Å². The largest absolute Gasteiger partial charge is 0.493 e. The maximum atomic E-state index is 12.4. The van der Waals surface area contributed by atoms with Gasteiger partial charge in [-0.2, -0.15) is 5.26 Å². The van der Waals surface area contributed by atoms with Crippen LogP contribution in [-0.2, 0) is 4.79 Å². The van der Waals surface area contributed by atoms with E-state index in [0.29, 0.717) is 39.9 Å². The Morgan fingerprint density at radius 2 is 1.70 bits per heavy atom. The van der Waals surface area contributed by atoms with Gasteiger partial charge in [0, 0.05) is 11.6 Å². The number of carbonyl (C=O) groups is 1. The number of allylic oxidation sites excluding steroid dienone is 1. The van der Waals surface area contributed by atoms with E-state index >= 15 is 0 Å². The molecule has 1 atom stereocenters. The highest BCUT2D eigenvalue weighted by atomic mass is 16.6. The van der Waals surface area contributed by atoms with Crippen LogP contribution in [0.2, 0.25) is 0 Å². The normalized spacial score (nSPS) is 14.1. The van der Waals surface area contributed by atoms with Gasteiger partial charge in [0.05, 0.1) is 27.2 Å². The predicted octanol–water partition coefficient (Wildman–Crippen LogP) is 4.22. The van der Waals surface area contributed by atoms with Gasteiger partial charge in [-0.15, -0.1) is 0 Å². The molecule has 0 saturated carbocycles. The van der Waals surface area contributed by atoms with E-state index in [1.807, 2.05) is 25.1 Å². The van der Waals surface area contributed by atoms with Gasteiger partial charge < -0.3 is 34.2 Å². The zero-order chi connectivity index (χ0) is 26.5. The minimum Gasteiger partial charge on any atom is -0.493 e. The summed E-state index contributed by atoms with van der Waals surface area (Å²) in [7, 11) is 4.53. The van der Waals surface area contributed by atoms with Gasteiger partial charge in [0.15, 0.2) is 18.1 Å². The summed E-state index contributed by atoms with van der Waals surface area (Å²) in [5, 5.41) is 9.88. The molecule has 190 valence electrons. The van der Waals surface area contributed by atoms with Gasteiger partial charge in [-0.25, -0.2) is 4.79 Å². The highest BCUT2D eigenvalue weighted by Gasteiger charge is 2.32. The third-order valence-corrected chi connectivity index (χ3v) is 5.88. The Hall–Kier alpha value is -4.84. The summed E-state index contributed by atoms with van der Waals surface area (Å²) in [6.07, 6.45) is 0. The Labute approximate surface area is 214 Å². The van der Waals surface area contributed by atoms with E-state index in [2.05, 4.69) is 6.07 Å². The lowest BCUT2D eigenvalue weighted by atomic mass is 9.83. The number of rotatable bonds is 8. The van der Waals surface area contributed by atoms with Crippen LogP contribution in [0.5, 0.6) is 34.5 Å². The van der Waals surface area contributed by atoms with E-state index in [9.17, 15) is 10.1 Å². The highest BCUT2D eigenvalue weighted by Crippen LogP contribution is 2.47. The molecule has 1 aliphatic heterocycles. The molecule has 0 bridgehead atoms. The second-order valence-corrected chi connectivity index (χ2v) is 8.11. The van der Waals surface area contributed by atoms with Crippen molar-refractivity contribution in [3.63, 3.8) is 0 Å². The quantitative estimate of drug-likeness (QED) is 0.356. The second kappa shape index (κ2) is 10.8. The smallest absolute Gasteiger partial charge is 0.349 e. The van der Waals surface area contributed by atoms with Gasteiger partial charge in [-0.1, -0.05) is 24.3 Å². The molecule has 3 aromatic carbocycles. The molecule has 2 N–H and O–H groups in total. The van der Waals surface area contributed by atoms with Crippen molar-refractivity contribution in [1.29, 1.82) is 5.26 Å². The molecule has 1 heterocycles. The number of para-hydroxylation sites is 1. The fourth-order valence-electron chi connectivity index (χ4n) is 4.13. The van der Waals surface area contributed by atoms with Crippen LogP contribution in [0.25, 0.3) is 0 Å². The van der Waals surface area contributed by atoms with E-state index in [1.54, 1.807) is 36.4 Å². The SMILES string of the molecule is COc1cc(C2C(C#N)=C(N)Oc3cc(OC(=O)COc4ccccc4C)ccc32)cc(OC)c1OC. The van der Waals surface area contributed by atoms with E-state index in [4.69, 9.17) is 34.2 Å². The lowest BCUT2D eigenvalue weighted by Gasteiger charge is -2.27. The van der Waals surface area contributed by atoms with E-state index in [0.717, 1.165) is 5.56 Å². The van der Waals surface area contributed by atoms with Crippen molar-refractivity contribution in [2.24, 2.45) is 5.73 Å². The Morgan fingerprint density at radius 3 is 2.32 bits per heavy atom. The molecular weight excluding hydrogens is 476 g/mol. The molecule has 1 unspecified atom stereocenters. The first-order valence-electron chi connectivity index (χ1n) is 11.3. The van der Waals surface area contributed by atoms with Crippen molar-refractivity contribution in [3.05, 3.63) is 82.7 Å². The third kappa shape index (κ3) is 5.09. The summed E-state index contributed by atoms with van der Waals surface area (Å²) in [6.45, 7) is 1.62. The number of benzene rings is 3. The van der Waals surface area contributed by atoms with Crippen molar-refractivity contribution in [2.75, 3.05) is 27.9 Å². The predicted molar refractivity (Wildman–Crippen MR) is 134 cm³/mol. The van der Waals surface area contributed by atoms with Gasteiger partial charge in [0.25, 0.3) is 0 Å². The van der Waals surface area contributed by atoms with Crippen LogP contribution in [0.1, 0.15) is 22.6 Å². The number of hydrogen-bond acceptors (Lipinski definition) is 9. The fraction of sp³-hybridized carbons (Fsp3) is 0.214. The molecule has 3 aromatic rings. The van der Waals surface area contributed by atoms with Crippen molar-refractivity contribution >= 4 is 5.97 Å². The molecule has 4 rings (SSSR count). The number of nitrogens with two attached hydrogens (primary N) is 1. The number of nitriles is 1. The number of methoxy groups -OCH3 is 3. The van der Waals surface area contributed by atoms with Crippen molar-refractivity contribution < 1.29 is 33.2 Å². The number of fused-ring (bicyclic) bond motifs is 1. The summed E-state index contributed by atoms with van der Waals surface area (Å²) in [5.74, 6) is 1.25. The number of aryl methyl sites for hydroxylation is 1. The molecule has 0 saturated heterocycles. The van der Waals surface area contributed by atoms with Crippen LogP contribution in [0.4, 0.5) is 0 Å². The van der Waals surface area contributed by atoms with Gasteiger partial charge in [-0.3, -0.25) is 0 Å². The first-order valence-corrected chi connectivity index (χ1v) is 11.3. The molecule has 1 aliphatic rings. The molecule has 0 spiro atoms. The zero-order valence-electron chi connectivity index (χ0n) is 20.9. The Bertz CT molecular complexity index is 1380. The van der Waals surface area contributed by atoms with E-state index in [-0.39, 0.29) is 23.8 Å². The topological polar surface area (TPSA) is 122 Å². The number of nitrogens with zero attached hydrogens (tertiary/aromatic N) is 1. The molecule has 0 aliphatic carbocycles. The van der Waals surface area contributed by atoms with E-state index < -0.39 is 11.9 Å². The summed E-state index contributed by atoms with van der Waals surface area (Å²) in [6, 6.07) is 17.9. The van der Waals surface area contributed by atoms with Crippen LogP contribution < -0.4 is 34.2 Å². The van der Waals surface area contributed by atoms with Crippen molar-refractivity contribution in [1.82, 2.24) is 0 Å². The molecule has 0 fully saturated rings. The Balaban J connectivity index is 1.64. The minimum absolute atomic E-state index is 0.0554. The minimum atomic E-state index is -0.586. The summed E-state index contributed by atoms with van der Waals surface area (Å²) >= 11 is 0. The van der Waals surface area contributed by atoms with Gasteiger partial charge >= 0.3 is 5.97 Å². The van der Waals surface area contributed by atoms with Crippen LogP contribution >= 0.6 is 0 Å². The molecular formula is C28H26N2O7. The fourth-order valence-corrected chi connectivity index (χ4v) is 4.13. The van der Waals surface area contributed by atoms with Crippen LogP contribution in [0.15, 0.2) is 66.1 Å². The molecule has 9 nitrogen and oxygen atoms in total. The first-order chi connectivity index (χ1) is 17.9. The second-order valence-electron chi connectivity index (χ2n) is 8.11.